The molecule has 94 valence electrons. The van der Waals surface area contributed by atoms with Crippen molar-refractivity contribution < 1.29 is 0 Å². The molecule has 1 N–H and O–H groups in total. The Morgan fingerprint density at radius 3 is 2.88 bits per heavy atom. The van der Waals surface area contributed by atoms with Crippen molar-refractivity contribution in [1.29, 1.82) is 0 Å². The average molecular weight is 232 g/mol. The van der Waals surface area contributed by atoms with E-state index in [1.165, 1.54) is 37.1 Å². The van der Waals surface area contributed by atoms with Gasteiger partial charge in [0.05, 0.1) is 0 Å². The Morgan fingerprint density at radius 1 is 1.29 bits per heavy atom. The van der Waals surface area contributed by atoms with Crippen molar-refractivity contribution in [3.05, 3.63) is 29.8 Å². The normalized spacial score (nSPS) is 16.0. The summed E-state index contributed by atoms with van der Waals surface area (Å²) in [5, 5.41) is 3.64. The highest BCUT2D eigenvalue weighted by Crippen LogP contribution is 2.27. The van der Waals surface area contributed by atoms with Crippen LogP contribution in [0.5, 0.6) is 0 Å². The maximum Gasteiger partial charge on any atom is 0.0400 e. The summed E-state index contributed by atoms with van der Waals surface area (Å²) in [7, 11) is 0. The van der Waals surface area contributed by atoms with Crippen molar-refractivity contribution >= 4 is 5.69 Å². The molecule has 1 aromatic carbocycles. The molecule has 1 heterocycles. The summed E-state index contributed by atoms with van der Waals surface area (Å²) in [4.78, 5) is 2.53. The SMILES string of the molecule is CCCNC(CC)CN1CCc2ccccc21. The van der Waals surface area contributed by atoms with Crippen LogP contribution in [0.4, 0.5) is 5.69 Å². The minimum absolute atomic E-state index is 0.626. The zero-order valence-electron chi connectivity index (χ0n) is 11.1. The fourth-order valence-corrected chi connectivity index (χ4v) is 2.55. The van der Waals surface area contributed by atoms with Gasteiger partial charge in [-0.25, -0.2) is 0 Å². The van der Waals surface area contributed by atoms with Gasteiger partial charge >= 0.3 is 0 Å². The van der Waals surface area contributed by atoms with Crippen molar-refractivity contribution in [2.24, 2.45) is 0 Å². The summed E-state index contributed by atoms with van der Waals surface area (Å²) in [5.74, 6) is 0. The van der Waals surface area contributed by atoms with E-state index < -0.39 is 0 Å². The maximum atomic E-state index is 3.64. The van der Waals surface area contributed by atoms with Crippen LogP contribution in [0.1, 0.15) is 32.3 Å². The van der Waals surface area contributed by atoms with Gasteiger partial charge in [0.25, 0.3) is 0 Å². The second kappa shape index (κ2) is 6.06. The number of nitrogens with zero attached hydrogens (tertiary/aromatic N) is 1. The zero-order valence-corrected chi connectivity index (χ0v) is 11.1. The van der Waals surface area contributed by atoms with Gasteiger partial charge in [-0.1, -0.05) is 32.0 Å². The predicted molar refractivity (Wildman–Crippen MR) is 74.7 cm³/mol. The standard InChI is InChI=1S/C15H24N2/c1-3-10-16-14(4-2)12-17-11-9-13-7-5-6-8-15(13)17/h5-8,14,16H,3-4,9-12H2,1-2H3. The fourth-order valence-electron chi connectivity index (χ4n) is 2.55. The number of hydrogen-bond donors (Lipinski definition) is 1. The van der Waals surface area contributed by atoms with Crippen LogP contribution in [-0.2, 0) is 6.42 Å². The van der Waals surface area contributed by atoms with Crippen molar-refractivity contribution in [2.45, 2.75) is 39.2 Å². The van der Waals surface area contributed by atoms with E-state index in [2.05, 4.69) is 48.3 Å². The van der Waals surface area contributed by atoms with Crippen molar-refractivity contribution in [3.8, 4) is 0 Å². The molecule has 0 aliphatic carbocycles. The molecular weight excluding hydrogens is 208 g/mol. The van der Waals surface area contributed by atoms with Gasteiger partial charge in [-0.2, -0.15) is 0 Å². The highest BCUT2D eigenvalue weighted by molar-refractivity contribution is 5.57. The minimum Gasteiger partial charge on any atom is -0.369 e. The van der Waals surface area contributed by atoms with E-state index in [0.717, 1.165) is 13.1 Å². The molecule has 2 rings (SSSR count). The van der Waals surface area contributed by atoms with E-state index in [-0.39, 0.29) is 0 Å². The first-order valence-electron chi connectivity index (χ1n) is 6.91. The lowest BCUT2D eigenvalue weighted by Gasteiger charge is -2.26. The number of nitrogens with one attached hydrogen (secondary N) is 1. The molecule has 2 nitrogen and oxygen atoms in total. The lowest BCUT2D eigenvalue weighted by Crippen LogP contribution is -2.40. The van der Waals surface area contributed by atoms with Gasteiger partial charge in [-0.05, 0) is 37.4 Å². The van der Waals surface area contributed by atoms with Crippen LogP contribution in [0.3, 0.4) is 0 Å². The number of hydrogen-bond acceptors (Lipinski definition) is 2. The van der Waals surface area contributed by atoms with Gasteiger partial charge in [-0.15, -0.1) is 0 Å². The summed E-state index contributed by atoms with van der Waals surface area (Å²) >= 11 is 0. The molecule has 1 atom stereocenters. The molecule has 0 amide bonds. The van der Waals surface area contributed by atoms with Gasteiger partial charge in [-0.3, -0.25) is 0 Å². The molecule has 2 heteroatoms. The third-order valence-electron chi connectivity index (χ3n) is 3.60. The van der Waals surface area contributed by atoms with Gasteiger partial charge < -0.3 is 10.2 Å². The first kappa shape index (κ1) is 12.4. The smallest absolute Gasteiger partial charge is 0.0400 e. The second-order valence-corrected chi connectivity index (χ2v) is 4.88. The Morgan fingerprint density at radius 2 is 2.12 bits per heavy atom. The summed E-state index contributed by atoms with van der Waals surface area (Å²) in [6.45, 7) is 7.96. The monoisotopic (exact) mass is 232 g/mol. The first-order chi connectivity index (χ1) is 8.35. The van der Waals surface area contributed by atoms with Crippen LogP contribution in [0.2, 0.25) is 0 Å². The second-order valence-electron chi connectivity index (χ2n) is 4.88. The molecule has 0 spiro atoms. The number of rotatable bonds is 6. The molecule has 0 saturated carbocycles. The molecule has 0 aromatic heterocycles. The number of benzene rings is 1. The quantitative estimate of drug-likeness (QED) is 0.811. The summed E-state index contributed by atoms with van der Waals surface area (Å²) in [5.41, 5.74) is 2.96. The number of anilines is 1. The third-order valence-corrected chi connectivity index (χ3v) is 3.60. The lowest BCUT2D eigenvalue weighted by atomic mass is 10.1. The van der Waals surface area contributed by atoms with Crippen molar-refractivity contribution in [2.75, 3.05) is 24.5 Å². The average Bonchev–Trinajstić information content (AvgIpc) is 2.78. The Balaban J connectivity index is 1.95. The first-order valence-corrected chi connectivity index (χ1v) is 6.91. The Hall–Kier alpha value is -1.02. The summed E-state index contributed by atoms with van der Waals surface area (Å²) < 4.78 is 0. The van der Waals surface area contributed by atoms with Crippen LogP contribution in [0.15, 0.2) is 24.3 Å². The Kier molecular flexibility index (Phi) is 4.43. The molecule has 1 unspecified atom stereocenters. The molecule has 1 aliphatic rings. The third kappa shape index (κ3) is 3.01. The van der Waals surface area contributed by atoms with Crippen LogP contribution < -0.4 is 10.2 Å². The van der Waals surface area contributed by atoms with E-state index in [1.807, 2.05) is 0 Å². The Bertz CT molecular complexity index is 349. The van der Waals surface area contributed by atoms with Crippen LogP contribution in [-0.4, -0.2) is 25.7 Å². The van der Waals surface area contributed by atoms with E-state index in [0.29, 0.717) is 6.04 Å². The van der Waals surface area contributed by atoms with E-state index >= 15 is 0 Å². The fraction of sp³-hybridized carbons (Fsp3) is 0.600. The minimum atomic E-state index is 0.626. The largest absolute Gasteiger partial charge is 0.369 e. The highest BCUT2D eigenvalue weighted by Gasteiger charge is 2.20. The molecule has 0 saturated heterocycles. The van der Waals surface area contributed by atoms with E-state index in [1.54, 1.807) is 0 Å². The molecule has 1 aliphatic heterocycles. The molecule has 17 heavy (non-hydrogen) atoms. The van der Waals surface area contributed by atoms with Gasteiger partial charge in [0.1, 0.15) is 0 Å². The predicted octanol–water partition coefficient (Wildman–Crippen LogP) is 2.83. The topological polar surface area (TPSA) is 15.3 Å². The molecular formula is C15H24N2. The Labute approximate surface area is 105 Å². The zero-order chi connectivity index (χ0) is 12.1. The lowest BCUT2D eigenvalue weighted by molar-refractivity contribution is 0.492. The van der Waals surface area contributed by atoms with E-state index in [9.17, 15) is 0 Å². The van der Waals surface area contributed by atoms with Gasteiger partial charge in [0, 0.05) is 24.8 Å². The van der Waals surface area contributed by atoms with Crippen molar-refractivity contribution in [1.82, 2.24) is 5.32 Å². The van der Waals surface area contributed by atoms with Gasteiger partial charge in [0.15, 0.2) is 0 Å². The van der Waals surface area contributed by atoms with Crippen LogP contribution in [0, 0.1) is 0 Å². The molecule has 0 radical (unpaired) electrons. The van der Waals surface area contributed by atoms with Crippen LogP contribution in [0.25, 0.3) is 0 Å². The summed E-state index contributed by atoms with van der Waals surface area (Å²) in [6.07, 6.45) is 3.63. The number of fused-ring (bicyclic) bond motifs is 1. The van der Waals surface area contributed by atoms with E-state index in [4.69, 9.17) is 0 Å². The molecule has 0 bridgehead atoms. The van der Waals surface area contributed by atoms with Crippen LogP contribution >= 0.6 is 0 Å². The maximum absolute atomic E-state index is 3.64. The molecule has 1 aromatic rings. The van der Waals surface area contributed by atoms with Crippen molar-refractivity contribution in [3.63, 3.8) is 0 Å². The molecule has 0 fully saturated rings. The highest BCUT2D eigenvalue weighted by atomic mass is 15.2. The number of para-hydroxylation sites is 1. The van der Waals surface area contributed by atoms with Gasteiger partial charge in [0.2, 0.25) is 0 Å². The summed E-state index contributed by atoms with van der Waals surface area (Å²) in [6, 6.07) is 9.44.